The van der Waals surface area contributed by atoms with Gasteiger partial charge in [-0.05, 0) is 42.7 Å². The number of para-hydroxylation sites is 1. The van der Waals surface area contributed by atoms with Crippen molar-refractivity contribution in [3.8, 4) is 5.75 Å². The highest BCUT2D eigenvalue weighted by Crippen LogP contribution is 2.31. The van der Waals surface area contributed by atoms with Gasteiger partial charge >= 0.3 is 0 Å². The fraction of sp³-hybridized carbons (Fsp3) is 0.235. The highest BCUT2D eigenvalue weighted by Gasteiger charge is 2.21. The third-order valence-electron chi connectivity index (χ3n) is 3.78. The zero-order valence-electron chi connectivity index (χ0n) is 11.2. The molecular weight excluding hydrogens is 250 g/mol. The Morgan fingerprint density at radius 3 is 2.65 bits per heavy atom. The fourth-order valence-corrected chi connectivity index (χ4v) is 2.73. The van der Waals surface area contributed by atoms with Crippen molar-refractivity contribution in [1.82, 2.24) is 0 Å². The summed E-state index contributed by atoms with van der Waals surface area (Å²) < 4.78 is 0. The third-order valence-corrected chi connectivity index (χ3v) is 3.78. The maximum Gasteiger partial charge on any atom is 0.163 e. The maximum absolute atomic E-state index is 11.9. The predicted octanol–water partition coefficient (Wildman–Crippen LogP) is 3.52. The lowest BCUT2D eigenvalue weighted by atomic mass is 9.87. The third kappa shape index (κ3) is 2.39. The van der Waals surface area contributed by atoms with E-state index in [9.17, 15) is 9.90 Å². The molecule has 0 saturated heterocycles. The molecule has 0 atom stereocenters. The second-order valence-electron chi connectivity index (χ2n) is 5.09. The normalized spacial score (nSPS) is 13.9. The van der Waals surface area contributed by atoms with E-state index in [1.54, 1.807) is 12.1 Å². The average molecular weight is 267 g/mol. The van der Waals surface area contributed by atoms with Gasteiger partial charge in [0.15, 0.2) is 5.78 Å². The lowest BCUT2D eigenvalue weighted by Crippen LogP contribution is -2.14. The van der Waals surface area contributed by atoms with Crippen molar-refractivity contribution >= 4 is 11.5 Å². The lowest BCUT2D eigenvalue weighted by molar-refractivity contribution is 0.0972. The average Bonchev–Trinajstić information content (AvgIpc) is 2.47. The van der Waals surface area contributed by atoms with Crippen LogP contribution in [0.4, 0.5) is 5.69 Å². The summed E-state index contributed by atoms with van der Waals surface area (Å²) in [5.41, 5.74) is 3.63. The first-order valence-corrected chi connectivity index (χ1v) is 6.91. The second kappa shape index (κ2) is 5.37. The maximum atomic E-state index is 11.9. The topological polar surface area (TPSA) is 49.3 Å². The molecule has 0 saturated carbocycles. The van der Waals surface area contributed by atoms with Gasteiger partial charge < -0.3 is 10.4 Å². The van der Waals surface area contributed by atoms with Gasteiger partial charge in [0.25, 0.3) is 0 Å². The zero-order valence-corrected chi connectivity index (χ0v) is 11.2. The molecule has 20 heavy (non-hydrogen) atoms. The number of ketones is 1. The smallest absolute Gasteiger partial charge is 0.163 e. The standard InChI is InChI=1S/C17H17NO2/c19-16-8-4-7-13-14(16)9-10-17(20)15(13)11-18-12-5-2-1-3-6-12/h1-3,5-6,9-10,18,20H,4,7-8,11H2. The number of hydrogen-bond acceptors (Lipinski definition) is 3. The van der Waals surface area contributed by atoms with Gasteiger partial charge in [-0.15, -0.1) is 0 Å². The summed E-state index contributed by atoms with van der Waals surface area (Å²) in [7, 11) is 0. The number of fused-ring (bicyclic) bond motifs is 1. The van der Waals surface area contributed by atoms with Crippen molar-refractivity contribution < 1.29 is 9.90 Å². The molecule has 3 rings (SSSR count). The molecule has 1 aliphatic carbocycles. The number of rotatable bonds is 3. The zero-order chi connectivity index (χ0) is 13.9. The van der Waals surface area contributed by atoms with Crippen molar-refractivity contribution in [1.29, 1.82) is 0 Å². The number of benzene rings is 2. The number of carbonyl (C=O) groups is 1. The van der Waals surface area contributed by atoms with Crippen LogP contribution >= 0.6 is 0 Å². The van der Waals surface area contributed by atoms with E-state index in [0.717, 1.165) is 35.2 Å². The van der Waals surface area contributed by atoms with E-state index in [0.29, 0.717) is 13.0 Å². The van der Waals surface area contributed by atoms with Gasteiger partial charge in [-0.1, -0.05) is 18.2 Å². The van der Waals surface area contributed by atoms with Crippen LogP contribution in [0.2, 0.25) is 0 Å². The SMILES string of the molecule is O=C1CCCc2c1ccc(O)c2CNc1ccccc1. The number of hydrogen-bond donors (Lipinski definition) is 2. The minimum atomic E-state index is 0.187. The molecule has 2 aromatic carbocycles. The van der Waals surface area contributed by atoms with E-state index < -0.39 is 0 Å². The summed E-state index contributed by atoms with van der Waals surface area (Å²) >= 11 is 0. The molecule has 102 valence electrons. The summed E-state index contributed by atoms with van der Waals surface area (Å²) in [6.45, 7) is 0.534. The first-order valence-electron chi connectivity index (χ1n) is 6.91. The predicted molar refractivity (Wildman–Crippen MR) is 79.1 cm³/mol. The second-order valence-corrected chi connectivity index (χ2v) is 5.09. The van der Waals surface area contributed by atoms with Gasteiger partial charge in [-0.25, -0.2) is 0 Å². The quantitative estimate of drug-likeness (QED) is 0.894. The molecule has 0 unspecified atom stereocenters. The first-order chi connectivity index (χ1) is 9.75. The van der Waals surface area contributed by atoms with Gasteiger partial charge in [0.1, 0.15) is 5.75 Å². The van der Waals surface area contributed by atoms with Crippen LogP contribution in [0.25, 0.3) is 0 Å². The van der Waals surface area contributed by atoms with Gasteiger partial charge in [0.2, 0.25) is 0 Å². The molecule has 1 aliphatic rings. The molecule has 3 heteroatoms. The van der Waals surface area contributed by atoms with E-state index in [-0.39, 0.29) is 11.5 Å². The molecule has 0 aromatic heterocycles. The summed E-state index contributed by atoms with van der Waals surface area (Å²) in [4.78, 5) is 11.9. The molecule has 3 nitrogen and oxygen atoms in total. The lowest BCUT2D eigenvalue weighted by Gasteiger charge is -2.20. The van der Waals surface area contributed by atoms with Gasteiger partial charge in [-0.3, -0.25) is 4.79 Å². The Bertz CT molecular complexity index is 635. The monoisotopic (exact) mass is 267 g/mol. The first kappa shape index (κ1) is 12.7. The summed E-state index contributed by atoms with van der Waals surface area (Å²) in [5, 5.41) is 13.4. The van der Waals surface area contributed by atoms with E-state index in [2.05, 4.69) is 5.32 Å². The van der Waals surface area contributed by atoms with Gasteiger partial charge in [0.05, 0.1) is 0 Å². The van der Waals surface area contributed by atoms with Crippen LogP contribution in [-0.4, -0.2) is 10.9 Å². The van der Waals surface area contributed by atoms with Crippen LogP contribution in [0.5, 0.6) is 5.75 Å². The number of phenols is 1. The Morgan fingerprint density at radius 2 is 1.85 bits per heavy atom. The molecule has 2 aromatic rings. The number of phenolic OH excluding ortho intramolecular Hbond substituents is 1. The molecular formula is C17H17NO2. The number of anilines is 1. The Kier molecular flexibility index (Phi) is 3.42. The Balaban J connectivity index is 1.89. The number of aromatic hydroxyl groups is 1. The van der Waals surface area contributed by atoms with Gasteiger partial charge in [-0.2, -0.15) is 0 Å². The minimum absolute atomic E-state index is 0.187. The number of Topliss-reactive ketones (excluding diaryl/α,β-unsaturated/α-hetero) is 1. The van der Waals surface area contributed by atoms with E-state index in [1.807, 2.05) is 30.3 Å². The van der Waals surface area contributed by atoms with Crippen molar-refractivity contribution in [2.45, 2.75) is 25.8 Å². The van der Waals surface area contributed by atoms with E-state index in [1.165, 1.54) is 0 Å². The number of nitrogens with one attached hydrogen (secondary N) is 1. The van der Waals surface area contributed by atoms with E-state index in [4.69, 9.17) is 0 Å². The Morgan fingerprint density at radius 1 is 1.05 bits per heavy atom. The fourth-order valence-electron chi connectivity index (χ4n) is 2.73. The largest absolute Gasteiger partial charge is 0.508 e. The molecule has 0 aliphatic heterocycles. The summed E-state index contributed by atoms with van der Waals surface area (Å²) in [6, 6.07) is 13.2. The van der Waals surface area contributed by atoms with E-state index >= 15 is 0 Å². The minimum Gasteiger partial charge on any atom is -0.508 e. The summed E-state index contributed by atoms with van der Waals surface area (Å²) in [6.07, 6.45) is 2.35. The van der Waals surface area contributed by atoms with Crippen molar-refractivity contribution in [2.75, 3.05) is 5.32 Å². The van der Waals surface area contributed by atoms with Crippen LogP contribution in [0, 0.1) is 0 Å². The van der Waals surface area contributed by atoms with Crippen molar-refractivity contribution in [3.05, 3.63) is 59.2 Å². The molecule has 0 amide bonds. The van der Waals surface area contributed by atoms with Crippen LogP contribution < -0.4 is 5.32 Å². The van der Waals surface area contributed by atoms with Crippen LogP contribution in [0.3, 0.4) is 0 Å². The highest BCUT2D eigenvalue weighted by atomic mass is 16.3. The van der Waals surface area contributed by atoms with Crippen LogP contribution in [0.15, 0.2) is 42.5 Å². The Hall–Kier alpha value is -2.29. The molecule has 0 fully saturated rings. The molecule has 0 radical (unpaired) electrons. The molecule has 0 heterocycles. The Labute approximate surface area is 118 Å². The molecule has 2 N–H and O–H groups in total. The molecule has 0 bridgehead atoms. The highest BCUT2D eigenvalue weighted by molar-refractivity contribution is 5.99. The number of carbonyl (C=O) groups excluding carboxylic acids is 1. The van der Waals surface area contributed by atoms with Crippen molar-refractivity contribution in [3.63, 3.8) is 0 Å². The van der Waals surface area contributed by atoms with Gasteiger partial charge in [0, 0.05) is 29.8 Å². The summed E-state index contributed by atoms with van der Waals surface area (Å²) in [5.74, 6) is 0.453. The molecule has 0 spiro atoms. The van der Waals surface area contributed by atoms with Crippen LogP contribution in [0.1, 0.15) is 34.3 Å². The van der Waals surface area contributed by atoms with Crippen molar-refractivity contribution in [2.24, 2.45) is 0 Å². The van der Waals surface area contributed by atoms with Crippen LogP contribution in [-0.2, 0) is 13.0 Å².